The average molecular weight is 339 g/mol. The number of nitrogens with one attached hydrogen (secondary N) is 1. The van der Waals surface area contributed by atoms with E-state index in [-0.39, 0.29) is 29.4 Å². The number of nitrogens with zero attached hydrogens (tertiary/aromatic N) is 1. The molecule has 6 heteroatoms. The van der Waals surface area contributed by atoms with Crippen LogP contribution >= 0.6 is 11.6 Å². The van der Waals surface area contributed by atoms with Gasteiger partial charge in [0.1, 0.15) is 5.75 Å². The summed E-state index contributed by atoms with van der Waals surface area (Å²) in [5.41, 5.74) is 0.318. The van der Waals surface area contributed by atoms with Gasteiger partial charge in [0.15, 0.2) is 0 Å². The maximum Gasteiger partial charge on any atom is 0.255 e. The molecule has 2 N–H and O–H groups in total. The maximum atomic E-state index is 12.6. The molecule has 1 saturated heterocycles. The number of aromatic hydroxyl groups is 1. The van der Waals surface area contributed by atoms with Crippen LogP contribution in [0.25, 0.3) is 0 Å². The lowest BCUT2D eigenvalue weighted by atomic mass is 9.97. The van der Waals surface area contributed by atoms with Crippen LogP contribution in [-0.2, 0) is 4.79 Å². The summed E-state index contributed by atoms with van der Waals surface area (Å²) in [5.74, 6) is 0.0830. The molecule has 0 aliphatic carbocycles. The first-order valence-electron chi connectivity index (χ1n) is 7.94. The lowest BCUT2D eigenvalue weighted by molar-refractivity contribution is -0.124. The average Bonchev–Trinajstić information content (AvgIpc) is 2.54. The van der Waals surface area contributed by atoms with Crippen LogP contribution < -0.4 is 5.32 Å². The number of hydrogen-bond donors (Lipinski definition) is 2. The minimum Gasteiger partial charge on any atom is -0.508 e. The topological polar surface area (TPSA) is 69.6 Å². The number of benzene rings is 1. The van der Waals surface area contributed by atoms with Gasteiger partial charge in [-0.3, -0.25) is 9.59 Å². The van der Waals surface area contributed by atoms with Crippen LogP contribution in [0, 0.1) is 11.8 Å². The predicted molar refractivity (Wildman–Crippen MR) is 89.6 cm³/mol. The molecule has 0 spiro atoms. The third kappa shape index (κ3) is 4.61. The number of rotatable bonds is 4. The molecule has 1 aliphatic heterocycles. The Morgan fingerprint density at radius 3 is 2.87 bits per heavy atom. The molecule has 1 atom stereocenters. The molecule has 126 valence electrons. The van der Waals surface area contributed by atoms with Gasteiger partial charge in [-0.2, -0.15) is 0 Å². The van der Waals surface area contributed by atoms with Crippen molar-refractivity contribution in [2.24, 2.45) is 11.8 Å². The van der Waals surface area contributed by atoms with Crippen molar-refractivity contribution in [2.75, 3.05) is 19.6 Å². The highest BCUT2D eigenvalue weighted by molar-refractivity contribution is 6.33. The molecule has 0 bridgehead atoms. The van der Waals surface area contributed by atoms with Crippen LogP contribution in [0.1, 0.15) is 37.0 Å². The fourth-order valence-corrected chi connectivity index (χ4v) is 2.91. The van der Waals surface area contributed by atoms with Crippen LogP contribution in [0.2, 0.25) is 5.02 Å². The van der Waals surface area contributed by atoms with E-state index < -0.39 is 0 Å². The summed E-state index contributed by atoms with van der Waals surface area (Å²) in [4.78, 5) is 26.0. The number of piperidine rings is 1. The van der Waals surface area contributed by atoms with Crippen LogP contribution in [0.4, 0.5) is 0 Å². The second kappa shape index (κ2) is 7.68. The first-order chi connectivity index (χ1) is 10.9. The standard InChI is InChI=1S/C17H23ClN2O3/c1-11(2)16(22)19-9-12-4-3-7-20(10-12)17(23)14-8-13(21)5-6-15(14)18/h5-6,8,11-12,21H,3-4,7,9-10H2,1-2H3,(H,19,22)/t12-/m1/s1. The van der Waals surface area contributed by atoms with Gasteiger partial charge in [-0.25, -0.2) is 0 Å². The van der Waals surface area contributed by atoms with E-state index in [4.69, 9.17) is 11.6 Å². The molecular weight excluding hydrogens is 316 g/mol. The zero-order chi connectivity index (χ0) is 17.0. The molecule has 2 rings (SSSR count). The van der Waals surface area contributed by atoms with Crippen molar-refractivity contribution >= 4 is 23.4 Å². The summed E-state index contributed by atoms with van der Waals surface area (Å²) >= 11 is 6.07. The Balaban J connectivity index is 1.99. The molecule has 1 heterocycles. The first-order valence-corrected chi connectivity index (χ1v) is 8.31. The smallest absolute Gasteiger partial charge is 0.255 e. The van der Waals surface area contributed by atoms with Gasteiger partial charge in [0.2, 0.25) is 5.91 Å². The van der Waals surface area contributed by atoms with E-state index in [9.17, 15) is 14.7 Å². The summed E-state index contributed by atoms with van der Waals surface area (Å²) in [5, 5.41) is 12.8. The monoisotopic (exact) mass is 338 g/mol. The highest BCUT2D eigenvalue weighted by Crippen LogP contribution is 2.25. The molecular formula is C17H23ClN2O3. The van der Waals surface area contributed by atoms with Gasteiger partial charge >= 0.3 is 0 Å². The number of phenolic OH excluding ortho intramolecular Hbond substituents is 1. The second-order valence-corrected chi connectivity index (χ2v) is 6.73. The van der Waals surface area contributed by atoms with Crippen molar-refractivity contribution in [2.45, 2.75) is 26.7 Å². The molecule has 5 nitrogen and oxygen atoms in total. The summed E-state index contributed by atoms with van der Waals surface area (Å²) in [6, 6.07) is 4.38. The lowest BCUT2D eigenvalue weighted by Gasteiger charge is -2.33. The Bertz CT molecular complexity index is 589. The third-order valence-electron chi connectivity index (χ3n) is 4.08. The Hall–Kier alpha value is -1.75. The Morgan fingerprint density at radius 2 is 2.17 bits per heavy atom. The molecule has 1 fully saturated rings. The molecule has 2 amide bonds. The van der Waals surface area contributed by atoms with Crippen molar-refractivity contribution in [3.63, 3.8) is 0 Å². The molecule has 0 saturated carbocycles. The zero-order valence-electron chi connectivity index (χ0n) is 13.5. The van der Waals surface area contributed by atoms with Crippen molar-refractivity contribution in [3.8, 4) is 5.75 Å². The highest BCUT2D eigenvalue weighted by atomic mass is 35.5. The van der Waals surface area contributed by atoms with Gasteiger partial charge in [-0.15, -0.1) is 0 Å². The molecule has 1 aliphatic rings. The minimum atomic E-state index is -0.175. The van der Waals surface area contributed by atoms with Gasteiger partial charge < -0.3 is 15.3 Å². The normalized spacial score (nSPS) is 18.1. The number of likely N-dealkylation sites (tertiary alicyclic amines) is 1. The molecule has 1 aromatic rings. The quantitative estimate of drug-likeness (QED) is 0.886. The molecule has 1 aromatic carbocycles. The van der Waals surface area contributed by atoms with E-state index in [1.165, 1.54) is 18.2 Å². The van der Waals surface area contributed by atoms with E-state index >= 15 is 0 Å². The largest absolute Gasteiger partial charge is 0.508 e. The molecule has 0 radical (unpaired) electrons. The van der Waals surface area contributed by atoms with E-state index in [1.54, 1.807) is 4.90 Å². The summed E-state index contributed by atoms with van der Waals surface area (Å²) in [6.45, 7) is 5.54. The maximum absolute atomic E-state index is 12.6. The fraction of sp³-hybridized carbons (Fsp3) is 0.529. The Kier molecular flexibility index (Phi) is 5.88. The van der Waals surface area contributed by atoms with Gasteiger partial charge in [0.05, 0.1) is 10.6 Å². The number of carbonyl (C=O) groups excluding carboxylic acids is 2. The van der Waals surface area contributed by atoms with Crippen LogP contribution in [-0.4, -0.2) is 41.5 Å². The summed E-state index contributed by atoms with van der Waals surface area (Å²) in [6.07, 6.45) is 1.88. The van der Waals surface area contributed by atoms with Crippen LogP contribution in [0.3, 0.4) is 0 Å². The van der Waals surface area contributed by atoms with E-state index in [0.29, 0.717) is 30.2 Å². The third-order valence-corrected chi connectivity index (χ3v) is 4.41. The lowest BCUT2D eigenvalue weighted by Crippen LogP contribution is -2.44. The van der Waals surface area contributed by atoms with Crippen molar-refractivity contribution in [1.82, 2.24) is 10.2 Å². The Labute approximate surface area is 141 Å². The van der Waals surface area contributed by atoms with Crippen molar-refractivity contribution in [3.05, 3.63) is 28.8 Å². The van der Waals surface area contributed by atoms with Gasteiger partial charge in [0.25, 0.3) is 5.91 Å². The number of phenols is 1. The van der Waals surface area contributed by atoms with Crippen molar-refractivity contribution < 1.29 is 14.7 Å². The number of hydrogen-bond acceptors (Lipinski definition) is 3. The zero-order valence-corrected chi connectivity index (χ0v) is 14.3. The molecule has 0 aromatic heterocycles. The second-order valence-electron chi connectivity index (χ2n) is 6.32. The highest BCUT2D eigenvalue weighted by Gasteiger charge is 2.26. The van der Waals surface area contributed by atoms with Gasteiger partial charge in [-0.1, -0.05) is 25.4 Å². The SMILES string of the molecule is CC(C)C(=O)NC[C@H]1CCCN(C(=O)c2cc(O)ccc2Cl)C1. The number of amides is 2. The molecule has 0 unspecified atom stereocenters. The van der Waals surface area contributed by atoms with E-state index in [2.05, 4.69) is 5.32 Å². The predicted octanol–water partition coefficient (Wildman–Crippen LogP) is 2.67. The first kappa shape index (κ1) is 17.6. The van der Waals surface area contributed by atoms with Gasteiger partial charge in [0, 0.05) is 25.6 Å². The van der Waals surface area contributed by atoms with E-state index in [0.717, 1.165) is 12.8 Å². The van der Waals surface area contributed by atoms with Crippen LogP contribution in [0.15, 0.2) is 18.2 Å². The number of halogens is 1. The van der Waals surface area contributed by atoms with Crippen molar-refractivity contribution in [1.29, 1.82) is 0 Å². The summed E-state index contributed by atoms with van der Waals surface area (Å²) < 4.78 is 0. The summed E-state index contributed by atoms with van der Waals surface area (Å²) in [7, 11) is 0. The fourth-order valence-electron chi connectivity index (χ4n) is 2.71. The van der Waals surface area contributed by atoms with Crippen LogP contribution in [0.5, 0.6) is 5.75 Å². The number of carbonyl (C=O) groups is 2. The molecule has 23 heavy (non-hydrogen) atoms. The minimum absolute atomic E-state index is 0.0236. The van der Waals surface area contributed by atoms with E-state index in [1.807, 2.05) is 13.8 Å². The van der Waals surface area contributed by atoms with Gasteiger partial charge in [-0.05, 0) is 37.0 Å². The Morgan fingerprint density at radius 1 is 1.43 bits per heavy atom.